The van der Waals surface area contributed by atoms with Crippen molar-refractivity contribution in [2.45, 2.75) is 77.0 Å². The maximum absolute atomic E-state index is 13.5. The van der Waals surface area contributed by atoms with Crippen LogP contribution in [0.4, 0.5) is 0 Å². The summed E-state index contributed by atoms with van der Waals surface area (Å²) in [5, 5.41) is 0. The van der Waals surface area contributed by atoms with Crippen molar-refractivity contribution >= 4 is 11.6 Å². The van der Waals surface area contributed by atoms with Crippen molar-refractivity contribution in [2.75, 3.05) is 0 Å². The van der Waals surface area contributed by atoms with E-state index in [9.17, 15) is 9.59 Å². The lowest BCUT2D eigenvalue weighted by atomic mass is 9.42. The Balaban J connectivity index is 1.24. The Hall–Kier alpha value is -2.22. The van der Waals surface area contributed by atoms with Gasteiger partial charge in [0.15, 0.2) is 11.6 Å². The summed E-state index contributed by atoms with van der Waals surface area (Å²) in [5.41, 5.74) is 4.00. The van der Waals surface area contributed by atoms with E-state index in [0.29, 0.717) is 23.4 Å². The van der Waals surface area contributed by atoms with Crippen LogP contribution >= 0.6 is 0 Å². The molecular formula is C28H32O2. The molecule has 0 saturated heterocycles. The lowest BCUT2D eigenvalue weighted by Gasteiger charge is -2.57. The largest absolute Gasteiger partial charge is 0.297 e. The third-order valence-electron chi connectivity index (χ3n) is 8.51. The van der Waals surface area contributed by atoms with Gasteiger partial charge in [-0.3, -0.25) is 9.59 Å². The van der Waals surface area contributed by atoms with Crippen LogP contribution in [0.25, 0.3) is 0 Å². The van der Waals surface area contributed by atoms with Gasteiger partial charge in [-0.1, -0.05) is 59.7 Å². The average molecular weight is 401 g/mol. The minimum atomic E-state index is -0.641. The van der Waals surface area contributed by atoms with Crippen molar-refractivity contribution in [1.29, 1.82) is 0 Å². The van der Waals surface area contributed by atoms with Gasteiger partial charge in [-0.25, -0.2) is 0 Å². The Morgan fingerprint density at radius 2 is 0.867 bits per heavy atom. The van der Waals surface area contributed by atoms with Gasteiger partial charge in [0.2, 0.25) is 0 Å². The van der Waals surface area contributed by atoms with Gasteiger partial charge >= 0.3 is 0 Å². The molecule has 3 saturated carbocycles. The van der Waals surface area contributed by atoms with Gasteiger partial charge in [0, 0.05) is 0 Å². The molecule has 2 heteroatoms. The highest BCUT2D eigenvalue weighted by atomic mass is 16.2. The first-order valence-electron chi connectivity index (χ1n) is 11.7. The monoisotopic (exact) mass is 400 g/mol. The van der Waals surface area contributed by atoms with E-state index in [4.69, 9.17) is 0 Å². The van der Waals surface area contributed by atoms with Gasteiger partial charge in [0.25, 0.3) is 0 Å². The molecule has 3 aliphatic carbocycles. The number of hydrogen-bond donors (Lipinski definition) is 0. The Kier molecular flexibility index (Phi) is 4.72. The van der Waals surface area contributed by atoms with E-state index >= 15 is 0 Å². The molecule has 156 valence electrons. The Morgan fingerprint density at radius 3 is 1.17 bits per heavy atom. The first-order chi connectivity index (χ1) is 14.4. The van der Waals surface area contributed by atoms with E-state index in [1.807, 2.05) is 0 Å². The third-order valence-corrected chi connectivity index (χ3v) is 8.51. The molecular weight excluding hydrogens is 368 g/mol. The summed E-state index contributed by atoms with van der Waals surface area (Å²) >= 11 is 0. The second-order valence-electron chi connectivity index (χ2n) is 10.2. The number of carbonyl (C=O) groups is 2. The smallest absolute Gasteiger partial charge is 0.159 e. The van der Waals surface area contributed by atoms with Crippen molar-refractivity contribution in [3.63, 3.8) is 0 Å². The quantitative estimate of drug-likeness (QED) is 0.543. The van der Waals surface area contributed by atoms with Crippen LogP contribution in [0.5, 0.6) is 0 Å². The second-order valence-corrected chi connectivity index (χ2v) is 10.2. The van der Waals surface area contributed by atoms with Gasteiger partial charge in [-0.05, 0) is 88.2 Å². The number of aryl methyl sites for hydroxylation is 2. The molecule has 2 spiro atoms. The van der Waals surface area contributed by atoms with E-state index in [-0.39, 0.29) is 0 Å². The summed E-state index contributed by atoms with van der Waals surface area (Å²) in [6.07, 6.45) is 6.87. The van der Waals surface area contributed by atoms with Crippen molar-refractivity contribution < 1.29 is 9.59 Å². The molecule has 2 aromatic rings. The first-order valence-corrected chi connectivity index (χ1v) is 11.7. The Bertz CT molecular complexity index is 853. The highest BCUT2D eigenvalue weighted by Gasteiger charge is 2.70. The fraction of sp³-hybridized carbons (Fsp3) is 0.500. The summed E-state index contributed by atoms with van der Waals surface area (Å²) < 4.78 is 0. The zero-order valence-electron chi connectivity index (χ0n) is 18.2. The van der Waals surface area contributed by atoms with Crippen LogP contribution in [0.3, 0.4) is 0 Å². The number of rotatable bonds is 2. The minimum Gasteiger partial charge on any atom is -0.297 e. The lowest BCUT2D eigenvalue weighted by Crippen LogP contribution is -2.68. The van der Waals surface area contributed by atoms with Gasteiger partial charge in [-0.2, -0.15) is 0 Å². The molecule has 0 bridgehead atoms. The molecule has 0 unspecified atom stereocenters. The molecule has 0 heterocycles. The van der Waals surface area contributed by atoms with E-state index in [0.717, 1.165) is 51.4 Å². The Morgan fingerprint density at radius 1 is 0.567 bits per heavy atom. The Labute approximate surface area is 180 Å². The topological polar surface area (TPSA) is 34.1 Å². The van der Waals surface area contributed by atoms with Gasteiger partial charge in [-0.15, -0.1) is 0 Å². The van der Waals surface area contributed by atoms with Crippen LogP contribution in [-0.2, 0) is 9.59 Å². The molecule has 2 aromatic carbocycles. The second kappa shape index (κ2) is 7.18. The number of Topliss-reactive ketones (excluding diaryl/α,β-unsaturated/α-hetero) is 2. The van der Waals surface area contributed by atoms with Crippen molar-refractivity contribution in [2.24, 2.45) is 10.8 Å². The van der Waals surface area contributed by atoms with Gasteiger partial charge in [0.1, 0.15) is 0 Å². The number of benzene rings is 2. The molecule has 30 heavy (non-hydrogen) atoms. The molecule has 0 atom stereocenters. The molecule has 3 aliphatic rings. The zero-order chi connectivity index (χ0) is 20.9. The van der Waals surface area contributed by atoms with E-state index in [2.05, 4.69) is 62.4 Å². The number of carbonyl (C=O) groups excluding carboxylic acids is 2. The van der Waals surface area contributed by atoms with Crippen LogP contribution in [0.1, 0.15) is 85.5 Å². The molecule has 0 N–H and O–H groups in total. The molecule has 0 amide bonds. The highest BCUT2D eigenvalue weighted by Crippen LogP contribution is 2.62. The molecule has 0 aromatic heterocycles. The maximum Gasteiger partial charge on any atom is 0.159 e. The van der Waals surface area contributed by atoms with E-state index < -0.39 is 10.8 Å². The fourth-order valence-electron chi connectivity index (χ4n) is 6.53. The molecule has 3 fully saturated rings. The summed E-state index contributed by atoms with van der Waals surface area (Å²) in [5.74, 6) is 1.57. The van der Waals surface area contributed by atoms with E-state index in [1.54, 1.807) is 0 Å². The van der Waals surface area contributed by atoms with Crippen molar-refractivity contribution in [3.8, 4) is 0 Å². The predicted octanol–water partition coefficient (Wildman–Crippen LogP) is 6.44. The fourth-order valence-corrected chi connectivity index (χ4v) is 6.53. The third kappa shape index (κ3) is 2.91. The first kappa shape index (κ1) is 19.7. The SMILES string of the molecule is Cc1ccc(C2CCC3(CC2)C(=O)C2(CCC(c4ccc(C)cc4)CC2)C3=O)cc1. The standard InChI is InChI=1S/C28H32O2/c1-19-3-7-21(8-4-19)23-11-15-27(16-12-23)25(29)28(26(27)30)17-13-24(14-18-28)22-9-5-20(2)6-10-22/h3-10,23-24H,11-18H2,1-2H3. The maximum atomic E-state index is 13.5. The summed E-state index contributed by atoms with van der Waals surface area (Å²) in [6.45, 7) is 4.22. The minimum absolute atomic E-state index is 0.296. The van der Waals surface area contributed by atoms with Crippen LogP contribution < -0.4 is 0 Å². The highest BCUT2D eigenvalue weighted by molar-refractivity contribution is 6.30. The molecule has 5 rings (SSSR count). The predicted molar refractivity (Wildman–Crippen MR) is 120 cm³/mol. The van der Waals surface area contributed by atoms with E-state index in [1.165, 1.54) is 22.3 Å². The van der Waals surface area contributed by atoms with Crippen LogP contribution in [-0.4, -0.2) is 11.6 Å². The molecule has 0 radical (unpaired) electrons. The van der Waals surface area contributed by atoms with Crippen molar-refractivity contribution in [1.82, 2.24) is 0 Å². The van der Waals surface area contributed by atoms with Gasteiger partial charge < -0.3 is 0 Å². The molecule has 0 aliphatic heterocycles. The summed E-state index contributed by atoms with van der Waals surface area (Å²) in [4.78, 5) is 27.0. The summed E-state index contributed by atoms with van der Waals surface area (Å²) in [7, 11) is 0. The number of ketones is 2. The van der Waals surface area contributed by atoms with Crippen LogP contribution in [0.15, 0.2) is 48.5 Å². The zero-order valence-corrected chi connectivity index (χ0v) is 18.2. The summed E-state index contributed by atoms with van der Waals surface area (Å²) in [6, 6.07) is 17.5. The van der Waals surface area contributed by atoms with Gasteiger partial charge in [0.05, 0.1) is 10.8 Å². The lowest BCUT2D eigenvalue weighted by molar-refractivity contribution is -0.177. The van der Waals surface area contributed by atoms with Crippen molar-refractivity contribution in [3.05, 3.63) is 70.8 Å². The molecule has 2 nitrogen and oxygen atoms in total. The van der Waals surface area contributed by atoms with Crippen LogP contribution in [0, 0.1) is 24.7 Å². The van der Waals surface area contributed by atoms with Crippen LogP contribution in [0.2, 0.25) is 0 Å². The number of hydrogen-bond acceptors (Lipinski definition) is 2. The average Bonchev–Trinajstić information content (AvgIpc) is 2.79. The normalized spacial score (nSPS) is 33.7.